The van der Waals surface area contributed by atoms with Crippen molar-refractivity contribution in [1.82, 2.24) is 9.88 Å². The average molecular weight is 356 g/mol. The van der Waals surface area contributed by atoms with Gasteiger partial charge in [-0.1, -0.05) is 12.1 Å². The van der Waals surface area contributed by atoms with Gasteiger partial charge in [0.05, 0.1) is 30.5 Å². The fourth-order valence-corrected chi connectivity index (χ4v) is 3.58. The Morgan fingerprint density at radius 3 is 2.72 bits per heavy atom. The summed E-state index contributed by atoms with van der Waals surface area (Å²) in [7, 11) is 3.34. The normalized spacial score (nSPS) is 10.7. The molecule has 1 aromatic heterocycles. The van der Waals surface area contributed by atoms with Gasteiger partial charge in [0.25, 0.3) is 5.91 Å². The Bertz CT molecular complexity index is 858. The van der Waals surface area contributed by atoms with Crippen LogP contribution in [0.25, 0.3) is 10.2 Å². The number of rotatable bonds is 6. The molecule has 6 heteroatoms. The van der Waals surface area contributed by atoms with Crippen LogP contribution in [0.2, 0.25) is 0 Å². The van der Waals surface area contributed by atoms with E-state index in [1.807, 2.05) is 31.2 Å². The highest BCUT2D eigenvalue weighted by atomic mass is 32.1. The van der Waals surface area contributed by atoms with Crippen molar-refractivity contribution >= 4 is 27.5 Å². The molecule has 1 amide bonds. The maximum atomic E-state index is 12.7. The monoisotopic (exact) mass is 356 g/mol. The fourth-order valence-electron chi connectivity index (χ4n) is 2.56. The number of thiazole rings is 1. The van der Waals surface area contributed by atoms with Gasteiger partial charge in [-0.05, 0) is 37.3 Å². The first kappa shape index (κ1) is 17.2. The molecule has 5 nitrogen and oxygen atoms in total. The van der Waals surface area contributed by atoms with Crippen molar-refractivity contribution in [2.45, 2.75) is 13.5 Å². The van der Waals surface area contributed by atoms with Crippen LogP contribution in [0.3, 0.4) is 0 Å². The van der Waals surface area contributed by atoms with Gasteiger partial charge in [-0.3, -0.25) is 4.79 Å². The zero-order chi connectivity index (χ0) is 17.8. The van der Waals surface area contributed by atoms with Gasteiger partial charge in [0.15, 0.2) is 11.5 Å². The molecule has 0 atom stereocenters. The number of methoxy groups -OCH3 is 1. The van der Waals surface area contributed by atoms with Crippen molar-refractivity contribution in [1.29, 1.82) is 0 Å². The van der Waals surface area contributed by atoms with Crippen molar-refractivity contribution in [3.8, 4) is 11.5 Å². The lowest BCUT2D eigenvalue weighted by Gasteiger charge is -2.17. The second-order valence-corrected chi connectivity index (χ2v) is 6.65. The lowest BCUT2D eigenvalue weighted by molar-refractivity contribution is 0.0784. The van der Waals surface area contributed by atoms with Crippen LogP contribution in [-0.4, -0.2) is 36.6 Å². The summed E-state index contributed by atoms with van der Waals surface area (Å²) in [5.74, 6) is 1.11. The van der Waals surface area contributed by atoms with E-state index in [1.165, 1.54) is 0 Å². The Morgan fingerprint density at radius 1 is 1.20 bits per heavy atom. The zero-order valence-electron chi connectivity index (χ0n) is 14.5. The maximum absolute atomic E-state index is 12.7. The minimum atomic E-state index is -0.0828. The molecule has 3 rings (SSSR count). The quantitative estimate of drug-likeness (QED) is 0.670. The van der Waals surface area contributed by atoms with E-state index in [-0.39, 0.29) is 5.91 Å². The molecule has 1 heterocycles. The molecule has 0 saturated heterocycles. The first-order valence-corrected chi connectivity index (χ1v) is 8.84. The summed E-state index contributed by atoms with van der Waals surface area (Å²) in [5.41, 5.74) is 1.52. The van der Waals surface area contributed by atoms with Gasteiger partial charge in [0, 0.05) is 12.6 Å². The average Bonchev–Trinajstić information content (AvgIpc) is 3.03. The molecule has 25 heavy (non-hydrogen) atoms. The topological polar surface area (TPSA) is 51.7 Å². The van der Waals surface area contributed by atoms with E-state index in [1.54, 1.807) is 48.6 Å². The van der Waals surface area contributed by atoms with Gasteiger partial charge < -0.3 is 14.4 Å². The smallest absolute Gasteiger partial charge is 0.254 e. The van der Waals surface area contributed by atoms with E-state index in [2.05, 4.69) is 4.98 Å². The summed E-state index contributed by atoms with van der Waals surface area (Å²) in [6.45, 7) is 2.92. The number of aromatic nitrogens is 1. The summed E-state index contributed by atoms with van der Waals surface area (Å²) in [5, 5.41) is 0.912. The van der Waals surface area contributed by atoms with Crippen LogP contribution in [-0.2, 0) is 6.54 Å². The predicted molar refractivity (Wildman–Crippen MR) is 99.6 cm³/mol. The highest BCUT2D eigenvalue weighted by molar-refractivity contribution is 7.18. The van der Waals surface area contributed by atoms with E-state index in [4.69, 9.17) is 9.47 Å². The Balaban J connectivity index is 1.77. The van der Waals surface area contributed by atoms with E-state index in [0.717, 1.165) is 15.2 Å². The molecule has 0 aliphatic carbocycles. The minimum absolute atomic E-state index is 0.0828. The van der Waals surface area contributed by atoms with Crippen molar-refractivity contribution in [3.63, 3.8) is 0 Å². The van der Waals surface area contributed by atoms with Crippen LogP contribution in [0.1, 0.15) is 22.3 Å². The molecule has 0 bridgehead atoms. The number of benzene rings is 2. The molecule has 130 valence electrons. The van der Waals surface area contributed by atoms with Crippen LogP contribution in [0.15, 0.2) is 42.5 Å². The Kier molecular flexibility index (Phi) is 5.19. The number of nitrogens with zero attached hydrogens (tertiary/aromatic N) is 2. The first-order valence-electron chi connectivity index (χ1n) is 8.03. The van der Waals surface area contributed by atoms with Crippen molar-refractivity contribution < 1.29 is 14.3 Å². The molecular weight excluding hydrogens is 336 g/mol. The Hall–Kier alpha value is -2.60. The molecule has 0 aliphatic rings. The number of para-hydroxylation sites is 1. The third-order valence-corrected chi connectivity index (χ3v) is 4.79. The van der Waals surface area contributed by atoms with E-state index in [9.17, 15) is 4.79 Å². The third-order valence-electron chi connectivity index (χ3n) is 3.77. The van der Waals surface area contributed by atoms with Crippen LogP contribution < -0.4 is 9.47 Å². The summed E-state index contributed by atoms with van der Waals surface area (Å²) in [6.07, 6.45) is 0. The summed E-state index contributed by atoms with van der Waals surface area (Å²) >= 11 is 1.61. The lowest BCUT2D eigenvalue weighted by atomic mass is 10.1. The third kappa shape index (κ3) is 3.74. The molecular formula is C19H20N2O3S. The summed E-state index contributed by atoms with van der Waals surface area (Å²) in [6, 6.07) is 13.2. The highest BCUT2D eigenvalue weighted by Crippen LogP contribution is 2.29. The Morgan fingerprint density at radius 2 is 2.00 bits per heavy atom. The number of carbonyl (C=O) groups is 1. The molecule has 2 aromatic carbocycles. The molecule has 0 fully saturated rings. The molecule has 0 unspecified atom stereocenters. The lowest BCUT2D eigenvalue weighted by Crippen LogP contribution is -2.26. The number of carbonyl (C=O) groups excluding carboxylic acids is 1. The van der Waals surface area contributed by atoms with Crippen LogP contribution in [0.5, 0.6) is 11.5 Å². The first-order chi connectivity index (χ1) is 12.1. The summed E-state index contributed by atoms with van der Waals surface area (Å²) in [4.78, 5) is 18.9. The minimum Gasteiger partial charge on any atom is -0.493 e. The maximum Gasteiger partial charge on any atom is 0.254 e. The molecule has 0 spiro atoms. The van der Waals surface area contributed by atoms with Gasteiger partial charge in [0.2, 0.25) is 0 Å². The van der Waals surface area contributed by atoms with Crippen LogP contribution in [0, 0.1) is 0 Å². The molecule has 0 radical (unpaired) electrons. The number of ether oxygens (including phenoxy) is 2. The standard InChI is InChI=1S/C19H20N2O3S/c1-4-24-15-10-9-13(11-16(15)23-3)19(22)21(2)12-18-20-14-7-5-6-8-17(14)25-18/h5-11H,4,12H2,1-3H3. The van der Waals surface area contributed by atoms with E-state index in [0.29, 0.717) is 30.2 Å². The van der Waals surface area contributed by atoms with E-state index >= 15 is 0 Å². The SMILES string of the molecule is CCOc1ccc(C(=O)N(C)Cc2nc3ccccc3s2)cc1OC. The summed E-state index contributed by atoms with van der Waals surface area (Å²) < 4.78 is 11.9. The van der Waals surface area contributed by atoms with Gasteiger partial charge in [-0.15, -0.1) is 11.3 Å². The number of amides is 1. The number of hydrogen-bond acceptors (Lipinski definition) is 5. The van der Waals surface area contributed by atoms with Gasteiger partial charge in [0.1, 0.15) is 5.01 Å². The van der Waals surface area contributed by atoms with Gasteiger partial charge in [-0.25, -0.2) is 4.98 Å². The van der Waals surface area contributed by atoms with E-state index < -0.39 is 0 Å². The van der Waals surface area contributed by atoms with Gasteiger partial charge in [-0.2, -0.15) is 0 Å². The van der Waals surface area contributed by atoms with Crippen molar-refractivity contribution in [2.75, 3.05) is 20.8 Å². The largest absolute Gasteiger partial charge is 0.493 e. The highest BCUT2D eigenvalue weighted by Gasteiger charge is 2.16. The molecule has 0 aliphatic heterocycles. The second-order valence-electron chi connectivity index (χ2n) is 5.54. The van der Waals surface area contributed by atoms with Crippen molar-refractivity contribution in [3.05, 3.63) is 53.0 Å². The predicted octanol–water partition coefficient (Wildman–Crippen LogP) is 3.98. The Labute approximate surface area is 150 Å². The molecule has 3 aromatic rings. The fraction of sp³-hybridized carbons (Fsp3) is 0.263. The zero-order valence-corrected chi connectivity index (χ0v) is 15.3. The van der Waals surface area contributed by atoms with Crippen LogP contribution in [0.4, 0.5) is 0 Å². The van der Waals surface area contributed by atoms with Crippen molar-refractivity contribution in [2.24, 2.45) is 0 Å². The van der Waals surface area contributed by atoms with Crippen LogP contribution >= 0.6 is 11.3 Å². The number of fused-ring (bicyclic) bond motifs is 1. The second kappa shape index (κ2) is 7.53. The number of hydrogen-bond donors (Lipinski definition) is 0. The molecule has 0 N–H and O–H groups in total. The molecule has 0 saturated carbocycles. The van der Waals surface area contributed by atoms with Gasteiger partial charge >= 0.3 is 0 Å².